The third-order valence-electron chi connectivity index (χ3n) is 4.72. The lowest BCUT2D eigenvalue weighted by atomic mass is 10.0. The number of hydrogen-bond acceptors (Lipinski definition) is 4. The van der Waals surface area contributed by atoms with Crippen molar-refractivity contribution in [3.05, 3.63) is 23.9 Å². The molecule has 1 saturated heterocycles. The number of ether oxygens (including phenoxy) is 1. The highest BCUT2D eigenvalue weighted by Gasteiger charge is 2.28. The standard InChI is InChI=1S/C19H30F3N5O/c1-15-6-3-4-10-27(15)11-5-9-24-18(23-2)26-13-16-7-8-17(25-12-16)28-14-19(20,21)22/h7-8,12,15H,3-6,9-11,13-14H2,1-2H3,(H2,23,24,26). The van der Waals surface area contributed by atoms with Gasteiger partial charge in [-0.1, -0.05) is 12.5 Å². The lowest BCUT2D eigenvalue weighted by Gasteiger charge is -2.33. The molecule has 0 aromatic carbocycles. The Kier molecular flexibility index (Phi) is 8.82. The predicted molar refractivity (Wildman–Crippen MR) is 103 cm³/mol. The van der Waals surface area contributed by atoms with E-state index in [9.17, 15) is 13.2 Å². The lowest BCUT2D eigenvalue weighted by molar-refractivity contribution is -0.154. The van der Waals surface area contributed by atoms with Gasteiger partial charge in [-0.2, -0.15) is 13.2 Å². The molecule has 0 spiro atoms. The SMILES string of the molecule is CN=C(NCCCN1CCCCC1C)NCc1ccc(OCC(F)(F)F)nc1. The lowest BCUT2D eigenvalue weighted by Crippen LogP contribution is -2.41. The molecule has 0 saturated carbocycles. The van der Waals surface area contributed by atoms with Gasteiger partial charge in [-0.3, -0.25) is 4.99 Å². The van der Waals surface area contributed by atoms with Crippen LogP contribution in [0.1, 0.15) is 38.2 Å². The number of pyridine rings is 1. The largest absolute Gasteiger partial charge is 0.468 e. The maximum atomic E-state index is 12.1. The monoisotopic (exact) mass is 401 g/mol. The summed E-state index contributed by atoms with van der Waals surface area (Å²) in [5.74, 6) is 0.639. The number of likely N-dealkylation sites (tertiary alicyclic amines) is 1. The summed E-state index contributed by atoms with van der Waals surface area (Å²) < 4.78 is 41.0. The molecule has 1 aromatic rings. The number of aromatic nitrogens is 1. The van der Waals surface area contributed by atoms with Crippen molar-refractivity contribution in [3.63, 3.8) is 0 Å². The maximum absolute atomic E-state index is 12.1. The van der Waals surface area contributed by atoms with Crippen molar-refractivity contribution in [2.45, 2.75) is 51.4 Å². The van der Waals surface area contributed by atoms with Crippen molar-refractivity contribution in [3.8, 4) is 5.88 Å². The molecule has 1 atom stereocenters. The van der Waals surface area contributed by atoms with Crippen molar-refractivity contribution in [1.29, 1.82) is 0 Å². The number of aliphatic imine (C=N–C) groups is 1. The number of halogens is 3. The smallest absolute Gasteiger partial charge is 0.422 e. The van der Waals surface area contributed by atoms with Crippen LogP contribution in [0.25, 0.3) is 0 Å². The topological polar surface area (TPSA) is 61.8 Å². The minimum absolute atomic E-state index is 0.0458. The molecule has 2 heterocycles. The summed E-state index contributed by atoms with van der Waals surface area (Å²) in [5, 5.41) is 6.46. The highest BCUT2D eigenvalue weighted by molar-refractivity contribution is 5.79. The van der Waals surface area contributed by atoms with Crippen LogP contribution in [0.3, 0.4) is 0 Å². The molecular formula is C19H30F3N5O. The second-order valence-electron chi connectivity index (χ2n) is 7.00. The fourth-order valence-corrected chi connectivity index (χ4v) is 3.14. The molecule has 28 heavy (non-hydrogen) atoms. The normalized spacial score (nSPS) is 18.8. The van der Waals surface area contributed by atoms with Crippen LogP contribution >= 0.6 is 0 Å². The van der Waals surface area contributed by atoms with Crippen molar-refractivity contribution < 1.29 is 17.9 Å². The Morgan fingerprint density at radius 1 is 1.32 bits per heavy atom. The Morgan fingerprint density at radius 3 is 2.79 bits per heavy atom. The van der Waals surface area contributed by atoms with E-state index in [0.29, 0.717) is 18.5 Å². The maximum Gasteiger partial charge on any atom is 0.422 e. The fraction of sp³-hybridized carbons (Fsp3) is 0.684. The summed E-state index contributed by atoms with van der Waals surface area (Å²) in [4.78, 5) is 10.6. The van der Waals surface area contributed by atoms with Crippen LogP contribution in [0, 0.1) is 0 Å². The predicted octanol–water partition coefficient (Wildman–Crippen LogP) is 2.95. The molecule has 2 N–H and O–H groups in total. The number of alkyl halides is 3. The Balaban J connectivity index is 1.66. The zero-order valence-electron chi connectivity index (χ0n) is 16.6. The first-order valence-electron chi connectivity index (χ1n) is 9.70. The molecule has 0 aliphatic carbocycles. The zero-order chi connectivity index (χ0) is 20.4. The Hall–Kier alpha value is -2.03. The molecule has 0 amide bonds. The highest BCUT2D eigenvalue weighted by atomic mass is 19.4. The number of rotatable bonds is 8. The quantitative estimate of drug-likeness (QED) is 0.398. The summed E-state index contributed by atoms with van der Waals surface area (Å²) >= 11 is 0. The van der Waals surface area contributed by atoms with E-state index >= 15 is 0 Å². The van der Waals surface area contributed by atoms with E-state index in [1.54, 1.807) is 13.1 Å². The van der Waals surface area contributed by atoms with Gasteiger partial charge < -0.3 is 20.3 Å². The average molecular weight is 401 g/mol. The van der Waals surface area contributed by atoms with E-state index in [1.165, 1.54) is 38.1 Å². The van der Waals surface area contributed by atoms with Crippen LogP contribution in [-0.2, 0) is 6.54 Å². The molecule has 1 aliphatic rings. The molecule has 2 rings (SSSR count). The van der Waals surface area contributed by atoms with Gasteiger partial charge in [-0.25, -0.2) is 4.98 Å². The van der Waals surface area contributed by atoms with Crippen LogP contribution in [0.2, 0.25) is 0 Å². The Morgan fingerprint density at radius 2 is 2.14 bits per heavy atom. The summed E-state index contributed by atoms with van der Waals surface area (Å²) in [6, 6.07) is 3.77. The van der Waals surface area contributed by atoms with E-state index in [1.807, 2.05) is 0 Å². The minimum Gasteiger partial charge on any atom is -0.468 e. The molecule has 6 nitrogen and oxygen atoms in total. The van der Waals surface area contributed by atoms with Gasteiger partial charge in [0.25, 0.3) is 0 Å². The van der Waals surface area contributed by atoms with Gasteiger partial charge in [0, 0.05) is 45.0 Å². The van der Waals surface area contributed by atoms with Gasteiger partial charge in [0.05, 0.1) is 0 Å². The molecular weight excluding hydrogens is 371 g/mol. The zero-order valence-corrected chi connectivity index (χ0v) is 16.6. The van der Waals surface area contributed by atoms with E-state index < -0.39 is 12.8 Å². The summed E-state index contributed by atoms with van der Waals surface area (Å²) in [7, 11) is 1.70. The number of piperidine rings is 1. The van der Waals surface area contributed by atoms with Gasteiger partial charge in [-0.05, 0) is 38.3 Å². The van der Waals surface area contributed by atoms with E-state index in [-0.39, 0.29) is 5.88 Å². The number of nitrogens with zero attached hydrogens (tertiary/aromatic N) is 3. The summed E-state index contributed by atoms with van der Waals surface area (Å²) in [6.45, 7) is 4.50. The van der Waals surface area contributed by atoms with Crippen molar-refractivity contribution in [2.24, 2.45) is 4.99 Å². The molecule has 0 bridgehead atoms. The Labute approximate surface area is 164 Å². The van der Waals surface area contributed by atoms with Gasteiger partial charge in [0.2, 0.25) is 5.88 Å². The molecule has 1 aromatic heterocycles. The summed E-state index contributed by atoms with van der Waals surface area (Å²) in [5.41, 5.74) is 0.824. The second kappa shape index (κ2) is 11.1. The Bertz CT molecular complexity index is 607. The average Bonchev–Trinajstić information content (AvgIpc) is 2.67. The first-order chi connectivity index (χ1) is 13.4. The molecule has 9 heteroatoms. The third kappa shape index (κ3) is 8.33. The second-order valence-corrected chi connectivity index (χ2v) is 7.00. The van der Waals surface area contributed by atoms with Crippen LogP contribution < -0.4 is 15.4 Å². The number of nitrogens with one attached hydrogen (secondary N) is 2. The van der Waals surface area contributed by atoms with E-state index in [4.69, 9.17) is 0 Å². The van der Waals surface area contributed by atoms with Crippen LogP contribution in [0.5, 0.6) is 5.88 Å². The number of hydrogen-bond donors (Lipinski definition) is 2. The van der Waals surface area contributed by atoms with Crippen LogP contribution in [0.15, 0.2) is 23.3 Å². The van der Waals surface area contributed by atoms with E-state index in [0.717, 1.165) is 25.1 Å². The minimum atomic E-state index is -4.37. The summed E-state index contributed by atoms with van der Waals surface area (Å²) in [6.07, 6.45) is 2.06. The van der Waals surface area contributed by atoms with Crippen LogP contribution in [0.4, 0.5) is 13.2 Å². The van der Waals surface area contributed by atoms with Crippen LogP contribution in [-0.4, -0.2) is 61.4 Å². The first-order valence-corrected chi connectivity index (χ1v) is 9.70. The van der Waals surface area contributed by atoms with Crippen molar-refractivity contribution in [2.75, 3.05) is 33.3 Å². The number of guanidine groups is 1. The van der Waals surface area contributed by atoms with E-state index in [2.05, 4.69) is 37.2 Å². The molecule has 1 unspecified atom stereocenters. The highest BCUT2D eigenvalue weighted by Crippen LogP contribution is 2.17. The van der Waals surface area contributed by atoms with Crippen molar-refractivity contribution >= 4 is 5.96 Å². The third-order valence-corrected chi connectivity index (χ3v) is 4.72. The van der Waals surface area contributed by atoms with Gasteiger partial charge >= 0.3 is 6.18 Å². The van der Waals surface area contributed by atoms with Gasteiger partial charge in [-0.15, -0.1) is 0 Å². The molecule has 1 aliphatic heterocycles. The molecule has 0 radical (unpaired) electrons. The van der Waals surface area contributed by atoms with Crippen molar-refractivity contribution in [1.82, 2.24) is 20.5 Å². The fourth-order valence-electron chi connectivity index (χ4n) is 3.14. The van der Waals surface area contributed by atoms with Gasteiger partial charge in [0.1, 0.15) is 0 Å². The van der Waals surface area contributed by atoms with Gasteiger partial charge in [0.15, 0.2) is 12.6 Å². The molecule has 158 valence electrons. The first kappa shape index (κ1) is 22.3. The molecule has 1 fully saturated rings.